The van der Waals surface area contributed by atoms with Crippen LogP contribution in [0.4, 0.5) is 0 Å². The fraction of sp³-hybridized carbons (Fsp3) is 0.400. The lowest BCUT2D eigenvalue weighted by Gasteiger charge is -1.84. The molecule has 0 aliphatic carbocycles. The number of rotatable bonds is 1. The first kappa shape index (κ1) is 10.2. The highest BCUT2D eigenvalue weighted by Gasteiger charge is 1.84. The Morgan fingerprint density at radius 1 is 1.62 bits per heavy atom. The Morgan fingerprint density at radius 3 is 2.25 bits per heavy atom. The van der Waals surface area contributed by atoms with E-state index in [0.29, 0.717) is 0 Å². The number of ether oxygens (including phenoxy) is 1. The predicted molar refractivity (Wildman–Crippen MR) is 31.9 cm³/mol. The average Bonchev–Trinajstić information content (AvgIpc) is 1.68. The molecule has 0 heterocycles. The Hall–Kier alpha value is -0.830. The van der Waals surface area contributed by atoms with E-state index < -0.39 is 0 Å². The van der Waals surface area contributed by atoms with E-state index in [2.05, 4.69) is 4.74 Å². The van der Waals surface area contributed by atoms with Gasteiger partial charge in [-0.3, -0.25) is 0 Å². The first-order chi connectivity index (χ1) is 3.31. The maximum absolute atomic E-state index is 10.1. The predicted octanol–water partition coefficient (Wildman–Crippen LogP) is 0.897. The smallest absolute Gasteiger partial charge is 0.330 e. The third-order valence-corrected chi connectivity index (χ3v) is 0.504. The van der Waals surface area contributed by atoms with Crippen molar-refractivity contribution in [1.29, 1.82) is 0 Å². The summed E-state index contributed by atoms with van der Waals surface area (Å²) >= 11 is 0. The van der Waals surface area contributed by atoms with Gasteiger partial charge in [-0.2, -0.15) is 0 Å². The van der Waals surface area contributed by atoms with E-state index >= 15 is 0 Å². The van der Waals surface area contributed by atoms with Crippen molar-refractivity contribution >= 4 is 5.97 Å². The second-order valence-electron chi connectivity index (χ2n) is 1.02. The summed E-state index contributed by atoms with van der Waals surface area (Å²) in [6.45, 7) is 1.76. The fourth-order valence-electron chi connectivity index (χ4n) is 0.204. The van der Waals surface area contributed by atoms with Crippen molar-refractivity contribution in [2.45, 2.75) is 6.92 Å². The Kier molecular flexibility index (Phi) is 7.88. The number of hydrogen-bond acceptors (Lipinski definition) is 3. The molecular weight excluding hydrogens is 106 g/mol. The van der Waals surface area contributed by atoms with Crippen LogP contribution in [-0.2, 0) is 9.53 Å². The molecule has 0 fully saturated rings. The molecule has 0 saturated carbocycles. The summed E-state index contributed by atoms with van der Waals surface area (Å²) < 4.78 is 4.26. The van der Waals surface area contributed by atoms with Crippen LogP contribution in [0.15, 0.2) is 12.2 Å². The van der Waals surface area contributed by atoms with E-state index in [-0.39, 0.29) is 12.1 Å². The summed E-state index contributed by atoms with van der Waals surface area (Å²) in [5.74, 6) is -0.303. The van der Waals surface area contributed by atoms with Gasteiger partial charge in [-0.15, -0.1) is 0 Å². The number of esters is 1. The first-order valence-electron chi connectivity index (χ1n) is 2.02. The Bertz CT molecular complexity index is 88.4. The largest absolute Gasteiger partial charge is 0.466 e. The van der Waals surface area contributed by atoms with Crippen LogP contribution in [-0.4, -0.2) is 13.1 Å². The van der Waals surface area contributed by atoms with Crippen LogP contribution in [0.1, 0.15) is 6.92 Å². The van der Waals surface area contributed by atoms with Crippen molar-refractivity contribution in [3.63, 3.8) is 0 Å². The van der Waals surface area contributed by atoms with Gasteiger partial charge in [0.1, 0.15) is 0 Å². The van der Waals surface area contributed by atoms with Crippen LogP contribution in [0.2, 0.25) is 0 Å². The second-order valence-corrected chi connectivity index (χ2v) is 1.02. The Balaban J connectivity index is 0. The third-order valence-electron chi connectivity index (χ3n) is 0.504. The zero-order valence-corrected chi connectivity index (χ0v) is 5.18. The zero-order chi connectivity index (χ0) is 5.70. The van der Waals surface area contributed by atoms with Crippen molar-refractivity contribution in [2.24, 2.45) is 0 Å². The molecule has 0 spiro atoms. The molecule has 0 aliphatic heterocycles. The SMILES string of the molecule is C/C=C/C(=O)OC.N. The van der Waals surface area contributed by atoms with Gasteiger partial charge in [0, 0.05) is 6.08 Å². The molecule has 0 bridgehead atoms. The summed E-state index contributed by atoms with van der Waals surface area (Å²) in [6, 6.07) is 0. The summed E-state index contributed by atoms with van der Waals surface area (Å²) in [4.78, 5) is 10.1. The lowest BCUT2D eigenvalue weighted by molar-refractivity contribution is -0.134. The van der Waals surface area contributed by atoms with Crippen LogP contribution in [0.3, 0.4) is 0 Å². The molecule has 8 heavy (non-hydrogen) atoms. The van der Waals surface area contributed by atoms with Crippen LogP contribution in [0.25, 0.3) is 0 Å². The Morgan fingerprint density at radius 2 is 2.12 bits per heavy atom. The third kappa shape index (κ3) is 5.17. The molecule has 0 rings (SSSR count). The minimum atomic E-state index is -0.303. The van der Waals surface area contributed by atoms with Gasteiger partial charge >= 0.3 is 5.97 Å². The van der Waals surface area contributed by atoms with Crippen LogP contribution in [0, 0.1) is 0 Å². The molecule has 0 saturated heterocycles. The molecule has 0 aliphatic rings. The molecule has 0 aromatic carbocycles. The fourth-order valence-corrected chi connectivity index (χ4v) is 0.204. The minimum Gasteiger partial charge on any atom is -0.466 e. The second kappa shape index (κ2) is 6.17. The quantitative estimate of drug-likeness (QED) is 0.410. The number of carbonyl (C=O) groups is 1. The van der Waals surface area contributed by atoms with E-state index in [1.165, 1.54) is 13.2 Å². The van der Waals surface area contributed by atoms with Gasteiger partial charge in [0.05, 0.1) is 7.11 Å². The van der Waals surface area contributed by atoms with Crippen molar-refractivity contribution in [1.82, 2.24) is 6.15 Å². The summed E-state index contributed by atoms with van der Waals surface area (Å²) in [5, 5.41) is 0. The van der Waals surface area contributed by atoms with E-state index in [1.54, 1.807) is 13.0 Å². The molecule has 0 radical (unpaired) electrons. The first-order valence-corrected chi connectivity index (χ1v) is 2.02. The van der Waals surface area contributed by atoms with Gasteiger partial charge < -0.3 is 10.9 Å². The molecule has 0 atom stereocenters. The highest BCUT2D eigenvalue weighted by molar-refractivity contribution is 5.81. The normalized spacial score (nSPS) is 8.25. The number of hydrogen-bond donors (Lipinski definition) is 1. The molecule has 3 heteroatoms. The van der Waals surface area contributed by atoms with E-state index in [9.17, 15) is 4.79 Å². The summed E-state index contributed by atoms with van der Waals surface area (Å²) in [7, 11) is 1.35. The lowest BCUT2D eigenvalue weighted by Crippen LogP contribution is -1.92. The maximum Gasteiger partial charge on any atom is 0.330 e. The van der Waals surface area contributed by atoms with Gasteiger partial charge in [-0.25, -0.2) is 4.79 Å². The summed E-state index contributed by atoms with van der Waals surface area (Å²) in [6.07, 6.45) is 2.99. The van der Waals surface area contributed by atoms with Crippen molar-refractivity contribution in [3.8, 4) is 0 Å². The average molecular weight is 117 g/mol. The van der Waals surface area contributed by atoms with E-state index in [0.717, 1.165) is 0 Å². The van der Waals surface area contributed by atoms with Gasteiger partial charge in [-0.05, 0) is 6.92 Å². The van der Waals surface area contributed by atoms with Gasteiger partial charge in [0.15, 0.2) is 0 Å². The highest BCUT2D eigenvalue weighted by Crippen LogP contribution is 1.73. The molecule has 0 amide bonds. The molecule has 48 valence electrons. The topological polar surface area (TPSA) is 61.3 Å². The van der Waals surface area contributed by atoms with Crippen LogP contribution in [0.5, 0.6) is 0 Å². The molecule has 3 nitrogen and oxygen atoms in total. The van der Waals surface area contributed by atoms with Gasteiger partial charge in [-0.1, -0.05) is 6.08 Å². The number of methoxy groups -OCH3 is 1. The van der Waals surface area contributed by atoms with Crippen molar-refractivity contribution < 1.29 is 9.53 Å². The van der Waals surface area contributed by atoms with Gasteiger partial charge in [0.25, 0.3) is 0 Å². The molecule has 0 aromatic rings. The summed E-state index contributed by atoms with van der Waals surface area (Å²) in [5.41, 5.74) is 0. The Labute approximate surface area is 48.9 Å². The van der Waals surface area contributed by atoms with Crippen LogP contribution < -0.4 is 6.15 Å². The lowest BCUT2D eigenvalue weighted by atomic mass is 10.5. The molecule has 3 N–H and O–H groups in total. The van der Waals surface area contributed by atoms with Crippen molar-refractivity contribution in [2.75, 3.05) is 7.11 Å². The monoisotopic (exact) mass is 117 g/mol. The molecule has 0 aromatic heterocycles. The highest BCUT2D eigenvalue weighted by atomic mass is 16.5. The molecular formula is C5H11NO2. The van der Waals surface area contributed by atoms with Gasteiger partial charge in [0.2, 0.25) is 0 Å². The van der Waals surface area contributed by atoms with Crippen LogP contribution >= 0.6 is 0 Å². The standard InChI is InChI=1S/C5H8O2.H3N/c1-3-4-5(6)7-2;/h3-4H,1-2H3;1H3/b4-3+;. The number of allylic oxidation sites excluding steroid dienone is 1. The maximum atomic E-state index is 10.1. The molecule has 0 unspecified atom stereocenters. The zero-order valence-electron chi connectivity index (χ0n) is 5.18. The van der Waals surface area contributed by atoms with Crippen molar-refractivity contribution in [3.05, 3.63) is 12.2 Å². The van der Waals surface area contributed by atoms with E-state index in [4.69, 9.17) is 0 Å². The minimum absolute atomic E-state index is 0. The number of carbonyl (C=O) groups excluding carboxylic acids is 1. The van der Waals surface area contributed by atoms with E-state index in [1.807, 2.05) is 0 Å².